The van der Waals surface area contributed by atoms with Crippen LogP contribution < -0.4 is 10.2 Å². The molecule has 202 valence electrons. The van der Waals surface area contributed by atoms with Crippen LogP contribution in [0.2, 0.25) is 0 Å². The Kier molecular flexibility index (Phi) is 8.34. The molecule has 2 fully saturated rings. The number of nitrogens with one attached hydrogen (secondary N) is 1. The Morgan fingerprint density at radius 3 is 2.39 bits per heavy atom. The van der Waals surface area contributed by atoms with Gasteiger partial charge in [-0.05, 0) is 42.0 Å². The van der Waals surface area contributed by atoms with Crippen molar-refractivity contribution < 1.29 is 19.8 Å². The molecule has 2 aliphatic rings. The van der Waals surface area contributed by atoms with Crippen molar-refractivity contribution >= 4 is 17.5 Å². The van der Waals surface area contributed by atoms with E-state index in [1.54, 1.807) is 36.7 Å². The van der Waals surface area contributed by atoms with E-state index in [2.05, 4.69) is 31.1 Å². The topological polar surface area (TPSA) is 130 Å². The van der Waals surface area contributed by atoms with Gasteiger partial charge >= 0.3 is 0 Å². The number of carbonyl (C=O) groups excluding carboxylic acids is 2. The number of amides is 2. The number of anilines is 1. The predicted octanol–water partition coefficient (Wildman–Crippen LogP) is 2.79. The minimum atomic E-state index is -1.48. The van der Waals surface area contributed by atoms with E-state index >= 15 is 0 Å². The van der Waals surface area contributed by atoms with E-state index in [0.717, 1.165) is 42.6 Å². The van der Waals surface area contributed by atoms with Gasteiger partial charge in [0.2, 0.25) is 5.91 Å². The SMILES string of the molecule is CC(C)(C)c1ccc(N(C(=O)C2[C@H](O)[C@H](O)CN2C#N)C(C(=O)NC2CCCCC2)c2cccnc2)cc1. The second kappa shape index (κ2) is 11.5. The van der Waals surface area contributed by atoms with E-state index in [1.165, 1.54) is 4.90 Å². The maximum atomic E-state index is 14.2. The van der Waals surface area contributed by atoms with Crippen LogP contribution in [0.25, 0.3) is 0 Å². The van der Waals surface area contributed by atoms with Gasteiger partial charge < -0.3 is 15.5 Å². The first-order valence-corrected chi connectivity index (χ1v) is 13.3. The number of aliphatic hydroxyl groups excluding tert-OH is 2. The monoisotopic (exact) mass is 519 g/mol. The first kappa shape index (κ1) is 27.6. The molecule has 0 bridgehead atoms. The van der Waals surface area contributed by atoms with Gasteiger partial charge in [0, 0.05) is 29.7 Å². The quantitative estimate of drug-likeness (QED) is 0.501. The second-order valence-electron chi connectivity index (χ2n) is 11.3. The van der Waals surface area contributed by atoms with Crippen molar-refractivity contribution in [3.05, 3.63) is 59.9 Å². The van der Waals surface area contributed by atoms with Crippen molar-refractivity contribution in [2.45, 2.75) is 88.6 Å². The largest absolute Gasteiger partial charge is 0.388 e. The van der Waals surface area contributed by atoms with Crippen LogP contribution in [0.1, 0.15) is 70.0 Å². The highest BCUT2D eigenvalue weighted by atomic mass is 16.3. The summed E-state index contributed by atoms with van der Waals surface area (Å²) in [7, 11) is 0. The van der Waals surface area contributed by atoms with Crippen LogP contribution in [0.3, 0.4) is 0 Å². The fraction of sp³-hybridized carbons (Fsp3) is 0.517. The number of pyridine rings is 1. The highest BCUT2D eigenvalue weighted by Gasteiger charge is 2.48. The Labute approximate surface area is 224 Å². The number of nitrogens with zero attached hydrogens (tertiary/aromatic N) is 4. The zero-order valence-corrected chi connectivity index (χ0v) is 22.2. The lowest BCUT2D eigenvalue weighted by molar-refractivity contribution is -0.130. The van der Waals surface area contributed by atoms with Crippen LogP contribution in [0.4, 0.5) is 5.69 Å². The molecule has 1 aromatic heterocycles. The predicted molar refractivity (Wildman–Crippen MR) is 143 cm³/mol. The molecule has 2 aromatic rings. The number of likely N-dealkylation sites (tertiary alicyclic amines) is 1. The Bertz CT molecular complexity index is 1150. The minimum absolute atomic E-state index is 0.00476. The zero-order valence-electron chi connectivity index (χ0n) is 22.2. The number of benzene rings is 1. The van der Waals surface area contributed by atoms with Gasteiger partial charge in [0.1, 0.15) is 24.3 Å². The number of β-amino-alcohol motifs (C(OH)–C–C–N with tert-alkyl or cyclic N) is 1. The molecule has 4 atom stereocenters. The molecule has 1 aliphatic heterocycles. The number of aromatic nitrogens is 1. The summed E-state index contributed by atoms with van der Waals surface area (Å²) >= 11 is 0. The van der Waals surface area contributed by atoms with Crippen molar-refractivity contribution in [2.75, 3.05) is 11.4 Å². The molecular formula is C29H37N5O4. The molecule has 3 N–H and O–H groups in total. The highest BCUT2D eigenvalue weighted by Crippen LogP contribution is 2.33. The summed E-state index contributed by atoms with van der Waals surface area (Å²) in [5.41, 5.74) is 1.87. The highest BCUT2D eigenvalue weighted by molar-refractivity contribution is 6.04. The van der Waals surface area contributed by atoms with E-state index < -0.39 is 30.2 Å². The molecule has 1 saturated carbocycles. The summed E-state index contributed by atoms with van der Waals surface area (Å²) in [5.74, 6) is -0.999. The molecular weight excluding hydrogens is 482 g/mol. The smallest absolute Gasteiger partial charge is 0.254 e. The van der Waals surface area contributed by atoms with E-state index in [0.29, 0.717) is 11.3 Å². The molecule has 1 aliphatic carbocycles. The molecule has 38 heavy (non-hydrogen) atoms. The molecule has 9 heteroatoms. The first-order valence-electron chi connectivity index (χ1n) is 13.3. The third-order valence-electron chi connectivity index (χ3n) is 7.53. The van der Waals surface area contributed by atoms with Crippen molar-refractivity contribution in [3.8, 4) is 6.19 Å². The Balaban J connectivity index is 1.81. The van der Waals surface area contributed by atoms with Crippen LogP contribution in [-0.2, 0) is 15.0 Å². The average Bonchev–Trinajstić information content (AvgIpc) is 3.20. The fourth-order valence-electron chi connectivity index (χ4n) is 5.35. The third-order valence-corrected chi connectivity index (χ3v) is 7.53. The summed E-state index contributed by atoms with van der Waals surface area (Å²) in [6.07, 6.45) is 7.26. The Morgan fingerprint density at radius 2 is 1.82 bits per heavy atom. The van der Waals surface area contributed by atoms with Gasteiger partial charge in [-0.2, -0.15) is 5.26 Å². The lowest BCUT2D eigenvalue weighted by Gasteiger charge is -2.36. The number of hydrogen-bond acceptors (Lipinski definition) is 7. The fourth-order valence-corrected chi connectivity index (χ4v) is 5.35. The Hall–Kier alpha value is -3.48. The first-order chi connectivity index (χ1) is 18.1. The summed E-state index contributed by atoms with van der Waals surface area (Å²) in [6.45, 7) is 6.09. The van der Waals surface area contributed by atoms with E-state index in [4.69, 9.17) is 0 Å². The third kappa shape index (κ3) is 5.82. The average molecular weight is 520 g/mol. The van der Waals surface area contributed by atoms with Crippen LogP contribution in [0, 0.1) is 11.5 Å². The molecule has 9 nitrogen and oxygen atoms in total. The van der Waals surface area contributed by atoms with Crippen LogP contribution in [0.15, 0.2) is 48.8 Å². The Morgan fingerprint density at radius 1 is 1.13 bits per heavy atom. The molecule has 2 amide bonds. The summed E-state index contributed by atoms with van der Waals surface area (Å²) < 4.78 is 0. The minimum Gasteiger partial charge on any atom is -0.388 e. The van der Waals surface area contributed by atoms with Gasteiger partial charge in [-0.25, -0.2) is 0 Å². The van der Waals surface area contributed by atoms with Gasteiger partial charge in [0.25, 0.3) is 5.91 Å². The normalized spacial score (nSPS) is 22.9. The molecule has 2 heterocycles. The standard InChI is InChI=1S/C29H37N5O4/c1-29(2,3)20-11-13-22(14-12-20)34(28(38)25-26(36)23(35)17-33(25)18-30)24(19-8-7-15-31-16-19)27(37)32-21-9-5-4-6-10-21/h7-8,11-16,21,23-26,35-36H,4-6,9-10,17H2,1-3H3,(H,32,37)/t23-,24?,25?,26-/m1/s1. The van der Waals surface area contributed by atoms with Gasteiger partial charge in [-0.3, -0.25) is 24.4 Å². The number of rotatable bonds is 6. The molecule has 0 spiro atoms. The molecule has 0 radical (unpaired) electrons. The molecule has 2 unspecified atom stereocenters. The number of nitriles is 1. The molecule has 1 aromatic carbocycles. The number of carbonyl (C=O) groups is 2. The maximum Gasteiger partial charge on any atom is 0.254 e. The van der Waals surface area contributed by atoms with Crippen LogP contribution >= 0.6 is 0 Å². The van der Waals surface area contributed by atoms with Gasteiger partial charge in [-0.1, -0.05) is 58.2 Å². The van der Waals surface area contributed by atoms with Crippen LogP contribution in [-0.4, -0.2) is 62.7 Å². The van der Waals surface area contributed by atoms with Crippen molar-refractivity contribution in [3.63, 3.8) is 0 Å². The van der Waals surface area contributed by atoms with Crippen molar-refractivity contribution in [1.29, 1.82) is 5.26 Å². The summed E-state index contributed by atoms with van der Waals surface area (Å²) in [6, 6.07) is 8.41. The van der Waals surface area contributed by atoms with E-state index in [-0.39, 0.29) is 23.9 Å². The summed E-state index contributed by atoms with van der Waals surface area (Å²) in [4.78, 5) is 34.8. The lowest BCUT2D eigenvalue weighted by Crippen LogP contribution is -2.54. The lowest BCUT2D eigenvalue weighted by atomic mass is 9.87. The molecule has 4 rings (SSSR count). The van der Waals surface area contributed by atoms with Crippen molar-refractivity contribution in [2.24, 2.45) is 0 Å². The zero-order chi connectivity index (χ0) is 27.4. The van der Waals surface area contributed by atoms with Gasteiger partial charge in [0.15, 0.2) is 6.19 Å². The second-order valence-corrected chi connectivity index (χ2v) is 11.3. The summed E-state index contributed by atoms with van der Waals surface area (Å²) in [5, 5.41) is 33.8. The van der Waals surface area contributed by atoms with E-state index in [1.807, 2.05) is 18.3 Å². The van der Waals surface area contributed by atoms with Crippen molar-refractivity contribution in [1.82, 2.24) is 15.2 Å². The maximum absolute atomic E-state index is 14.2. The number of aliphatic hydroxyl groups is 2. The van der Waals surface area contributed by atoms with Crippen LogP contribution in [0.5, 0.6) is 0 Å². The van der Waals surface area contributed by atoms with Gasteiger partial charge in [0.05, 0.1) is 6.54 Å². The molecule has 1 saturated heterocycles. The van der Waals surface area contributed by atoms with E-state index in [9.17, 15) is 25.1 Å². The van der Waals surface area contributed by atoms with Gasteiger partial charge in [-0.15, -0.1) is 0 Å². The number of hydrogen-bond donors (Lipinski definition) is 3.